The number of amides is 2. The summed E-state index contributed by atoms with van der Waals surface area (Å²) < 4.78 is 0.746. The number of nitrogens with zero attached hydrogens (tertiary/aromatic N) is 2. The average molecular weight is 210 g/mol. The number of aromatic nitrogens is 1. The molecule has 0 aliphatic carbocycles. The number of hydroxylamine groups is 2. The quantitative estimate of drug-likeness (QED) is 0.428. The second-order valence-corrected chi connectivity index (χ2v) is 2.87. The van der Waals surface area contributed by atoms with Crippen LogP contribution in [0.15, 0.2) is 18.2 Å². The first-order valence-corrected chi connectivity index (χ1v) is 3.91. The minimum Gasteiger partial charge on any atom is -0.494 e. The second kappa shape index (κ2) is 2.85. The van der Waals surface area contributed by atoms with Crippen molar-refractivity contribution in [3.05, 3.63) is 18.2 Å². The number of carbonyl (C=O) groups is 2. The van der Waals surface area contributed by atoms with Crippen molar-refractivity contribution in [1.29, 1.82) is 0 Å². The molecule has 1 aromatic heterocycles. The van der Waals surface area contributed by atoms with E-state index in [1.165, 1.54) is 0 Å². The lowest BCUT2D eigenvalue weighted by Gasteiger charge is -2.07. The standard InChI is InChI=1S/C8H6N2O5/c11-5-1-2-6(12)9(5)4-3-7(13)10(15)8(4)14/h1-3,11-12,15H. The maximum Gasteiger partial charge on any atom is 0.302 e. The molecule has 0 bridgehead atoms. The first-order valence-electron chi connectivity index (χ1n) is 3.91. The Balaban J connectivity index is 2.54. The number of aromatic hydroxyl groups is 2. The van der Waals surface area contributed by atoms with E-state index in [1.54, 1.807) is 0 Å². The predicted molar refractivity (Wildman–Crippen MR) is 45.7 cm³/mol. The van der Waals surface area contributed by atoms with E-state index < -0.39 is 23.6 Å². The molecule has 1 aliphatic heterocycles. The van der Waals surface area contributed by atoms with Gasteiger partial charge in [0.1, 0.15) is 5.70 Å². The van der Waals surface area contributed by atoms with E-state index in [0.29, 0.717) is 0 Å². The van der Waals surface area contributed by atoms with E-state index in [-0.39, 0.29) is 10.8 Å². The molecule has 15 heavy (non-hydrogen) atoms. The third kappa shape index (κ3) is 1.17. The van der Waals surface area contributed by atoms with Crippen LogP contribution in [0, 0.1) is 0 Å². The summed E-state index contributed by atoms with van der Waals surface area (Å²) in [5, 5.41) is 27.4. The van der Waals surface area contributed by atoms with Crippen LogP contribution >= 0.6 is 0 Å². The van der Waals surface area contributed by atoms with E-state index in [2.05, 4.69) is 0 Å². The lowest BCUT2D eigenvalue weighted by molar-refractivity contribution is -0.168. The fourth-order valence-electron chi connectivity index (χ4n) is 1.27. The number of hydrogen-bond acceptors (Lipinski definition) is 5. The molecule has 0 saturated heterocycles. The van der Waals surface area contributed by atoms with Crippen LogP contribution in [0.2, 0.25) is 0 Å². The van der Waals surface area contributed by atoms with Crippen LogP contribution in [0.1, 0.15) is 0 Å². The molecule has 7 nitrogen and oxygen atoms in total. The van der Waals surface area contributed by atoms with Crippen molar-refractivity contribution in [3.8, 4) is 11.8 Å². The summed E-state index contributed by atoms with van der Waals surface area (Å²) in [5.74, 6) is -2.75. The lowest BCUT2D eigenvalue weighted by atomic mass is 10.4. The van der Waals surface area contributed by atoms with Gasteiger partial charge in [-0.1, -0.05) is 0 Å². The van der Waals surface area contributed by atoms with Crippen molar-refractivity contribution in [2.24, 2.45) is 0 Å². The smallest absolute Gasteiger partial charge is 0.302 e. The highest BCUT2D eigenvalue weighted by atomic mass is 16.5. The van der Waals surface area contributed by atoms with Crippen LogP contribution in [-0.4, -0.2) is 36.9 Å². The van der Waals surface area contributed by atoms with Gasteiger partial charge in [0.15, 0.2) is 11.8 Å². The Morgan fingerprint density at radius 3 is 2.00 bits per heavy atom. The highest BCUT2D eigenvalue weighted by Crippen LogP contribution is 2.29. The Bertz CT molecular complexity index is 468. The van der Waals surface area contributed by atoms with Gasteiger partial charge in [0.25, 0.3) is 5.91 Å². The van der Waals surface area contributed by atoms with E-state index in [4.69, 9.17) is 5.21 Å². The molecule has 3 N–H and O–H groups in total. The molecule has 2 heterocycles. The monoisotopic (exact) mass is 210 g/mol. The van der Waals surface area contributed by atoms with Gasteiger partial charge in [-0.25, -0.2) is 4.57 Å². The van der Waals surface area contributed by atoms with Gasteiger partial charge in [0.2, 0.25) is 0 Å². The summed E-state index contributed by atoms with van der Waals surface area (Å²) in [5.41, 5.74) is -0.317. The van der Waals surface area contributed by atoms with Crippen LogP contribution in [0.3, 0.4) is 0 Å². The van der Waals surface area contributed by atoms with Gasteiger partial charge in [0, 0.05) is 18.2 Å². The minimum absolute atomic E-state index is 0.103. The van der Waals surface area contributed by atoms with E-state index in [9.17, 15) is 19.8 Å². The molecular weight excluding hydrogens is 204 g/mol. The highest BCUT2D eigenvalue weighted by Gasteiger charge is 2.33. The maximum atomic E-state index is 11.3. The number of rotatable bonds is 1. The zero-order valence-electron chi connectivity index (χ0n) is 7.28. The van der Waals surface area contributed by atoms with E-state index in [0.717, 1.165) is 22.8 Å². The Kier molecular flexibility index (Phi) is 1.77. The van der Waals surface area contributed by atoms with Gasteiger partial charge in [-0.05, 0) is 0 Å². The molecule has 0 fully saturated rings. The molecular formula is C8H6N2O5. The normalized spacial score (nSPS) is 16.1. The number of imide groups is 1. The molecule has 0 unspecified atom stereocenters. The summed E-state index contributed by atoms with van der Waals surface area (Å²) in [4.78, 5) is 22.2. The topological polar surface area (TPSA) is 103 Å². The second-order valence-electron chi connectivity index (χ2n) is 2.87. The molecule has 0 radical (unpaired) electrons. The first-order chi connectivity index (χ1) is 7.02. The molecule has 2 amide bonds. The van der Waals surface area contributed by atoms with Crippen molar-refractivity contribution in [1.82, 2.24) is 9.63 Å². The Labute approximate surface area is 83.0 Å². The third-order valence-corrected chi connectivity index (χ3v) is 1.96. The van der Waals surface area contributed by atoms with Crippen LogP contribution < -0.4 is 0 Å². The molecule has 0 saturated carbocycles. The summed E-state index contributed by atoms with van der Waals surface area (Å²) in [6, 6.07) is 2.29. The molecule has 0 atom stereocenters. The fourth-order valence-corrected chi connectivity index (χ4v) is 1.27. The maximum absolute atomic E-state index is 11.3. The van der Waals surface area contributed by atoms with E-state index >= 15 is 0 Å². The van der Waals surface area contributed by atoms with Crippen LogP contribution in [0.5, 0.6) is 11.8 Å². The summed E-state index contributed by atoms with van der Waals surface area (Å²) in [6.07, 6.45) is 0.807. The molecule has 2 rings (SSSR count). The van der Waals surface area contributed by atoms with Gasteiger partial charge in [-0.15, -0.1) is 5.06 Å². The van der Waals surface area contributed by atoms with Crippen LogP contribution in [-0.2, 0) is 9.59 Å². The SMILES string of the molecule is O=C1C=C(n2c(O)ccc2O)C(=O)N1O. The molecule has 0 spiro atoms. The van der Waals surface area contributed by atoms with Gasteiger partial charge >= 0.3 is 5.91 Å². The Morgan fingerprint density at radius 1 is 1.07 bits per heavy atom. The fraction of sp³-hybridized carbons (Fsp3) is 0. The van der Waals surface area contributed by atoms with Gasteiger partial charge in [-0.3, -0.25) is 14.8 Å². The van der Waals surface area contributed by atoms with Gasteiger partial charge in [0.05, 0.1) is 0 Å². The van der Waals surface area contributed by atoms with E-state index in [1.807, 2.05) is 0 Å². The summed E-state index contributed by atoms with van der Waals surface area (Å²) in [6.45, 7) is 0. The molecule has 1 aromatic rings. The van der Waals surface area contributed by atoms with Gasteiger partial charge in [-0.2, -0.15) is 0 Å². The van der Waals surface area contributed by atoms with Crippen molar-refractivity contribution < 1.29 is 25.0 Å². The number of carbonyl (C=O) groups excluding carboxylic acids is 2. The highest BCUT2D eigenvalue weighted by molar-refractivity contribution is 6.29. The summed E-state index contributed by atoms with van der Waals surface area (Å²) >= 11 is 0. The van der Waals surface area contributed by atoms with Crippen LogP contribution in [0.4, 0.5) is 0 Å². The third-order valence-electron chi connectivity index (χ3n) is 1.96. The minimum atomic E-state index is -1.01. The number of hydrogen-bond donors (Lipinski definition) is 3. The average Bonchev–Trinajstić information content (AvgIpc) is 2.63. The first kappa shape index (κ1) is 9.28. The molecule has 7 heteroatoms. The van der Waals surface area contributed by atoms with Crippen LogP contribution in [0.25, 0.3) is 5.70 Å². The largest absolute Gasteiger partial charge is 0.494 e. The lowest BCUT2D eigenvalue weighted by Crippen LogP contribution is -2.27. The van der Waals surface area contributed by atoms with Gasteiger partial charge < -0.3 is 10.2 Å². The predicted octanol–water partition coefficient (Wildman–Crippen LogP) is -0.502. The Morgan fingerprint density at radius 2 is 1.60 bits per heavy atom. The zero-order chi connectivity index (χ0) is 11.2. The van der Waals surface area contributed by atoms with Crippen molar-refractivity contribution in [2.75, 3.05) is 0 Å². The van der Waals surface area contributed by atoms with Crippen molar-refractivity contribution >= 4 is 17.5 Å². The molecule has 0 aromatic carbocycles. The van der Waals surface area contributed by atoms with Crippen molar-refractivity contribution in [2.45, 2.75) is 0 Å². The summed E-state index contributed by atoms with van der Waals surface area (Å²) in [7, 11) is 0. The molecule has 78 valence electrons. The van der Waals surface area contributed by atoms with Crippen molar-refractivity contribution in [3.63, 3.8) is 0 Å². The zero-order valence-corrected chi connectivity index (χ0v) is 7.28. The Hall–Kier alpha value is -2.28. The molecule has 1 aliphatic rings.